The van der Waals surface area contributed by atoms with E-state index in [1.54, 1.807) is 0 Å². The molecule has 0 heterocycles. The van der Waals surface area contributed by atoms with E-state index in [2.05, 4.69) is 48.5 Å². The summed E-state index contributed by atoms with van der Waals surface area (Å²) in [5.74, 6) is 0. The van der Waals surface area contributed by atoms with Gasteiger partial charge in [-0.1, -0.05) is 91.0 Å². The molecule has 5 aromatic carbocycles. The molecule has 0 aliphatic carbocycles. The van der Waals surface area contributed by atoms with Gasteiger partial charge in [-0.05, 0) is 33.5 Å². The minimum atomic E-state index is 0.115. The molecule has 0 amide bonds. The van der Waals surface area contributed by atoms with Crippen molar-refractivity contribution in [1.82, 2.24) is 0 Å². The topological polar surface area (TPSA) is 17.1 Å². The monoisotopic (exact) mass is 332 g/mol. The summed E-state index contributed by atoms with van der Waals surface area (Å²) in [6.45, 7) is 0. The second-order valence-electron chi connectivity index (χ2n) is 6.58. The maximum atomic E-state index is 12.9. The second-order valence-corrected chi connectivity index (χ2v) is 6.58. The molecule has 0 aromatic heterocycles. The molecule has 0 aliphatic rings. The van der Waals surface area contributed by atoms with Gasteiger partial charge in [0.2, 0.25) is 0 Å². The van der Waals surface area contributed by atoms with Crippen LogP contribution in [0.15, 0.2) is 95.8 Å². The summed E-state index contributed by atoms with van der Waals surface area (Å²) in [7, 11) is 0. The average molecular weight is 332 g/mol. The van der Waals surface area contributed by atoms with Crippen LogP contribution in [0.3, 0.4) is 0 Å². The molecule has 5 rings (SSSR count). The molecule has 0 saturated heterocycles. The third kappa shape index (κ3) is 2.29. The highest BCUT2D eigenvalue weighted by Crippen LogP contribution is 2.23. The van der Waals surface area contributed by atoms with E-state index in [1.165, 1.54) is 11.1 Å². The molecule has 0 bridgehead atoms. The van der Waals surface area contributed by atoms with Gasteiger partial charge in [0.25, 0.3) is 0 Å². The van der Waals surface area contributed by atoms with E-state index in [0.29, 0.717) is 0 Å². The fourth-order valence-corrected chi connectivity index (χ4v) is 3.73. The van der Waals surface area contributed by atoms with Gasteiger partial charge in [0, 0.05) is 16.0 Å². The maximum Gasteiger partial charge on any atom is 0.194 e. The van der Waals surface area contributed by atoms with Crippen LogP contribution in [0.2, 0.25) is 0 Å². The molecule has 5 aromatic rings. The fraction of sp³-hybridized carbons (Fsp3) is 0. The lowest BCUT2D eigenvalue weighted by atomic mass is 10.0. The van der Waals surface area contributed by atoms with Crippen LogP contribution in [0.25, 0.3) is 38.7 Å². The molecule has 0 saturated carbocycles. The lowest BCUT2D eigenvalue weighted by Crippen LogP contribution is -2.19. The summed E-state index contributed by atoms with van der Waals surface area (Å²) in [6, 6.07) is 30.7. The zero-order valence-electron chi connectivity index (χ0n) is 14.1. The Kier molecular flexibility index (Phi) is 3.32. The normalized spacial score (nSPS) is 12.2. The Morgan fingerprint density at radius 1 is 0.577 bits per heavy atom. The smallest absolute Gasteiger partial charge is 0.194 e. The van der Waals surface area contributed by atoms with Crippen molar-refractivity contribution in [2.45, 2.75) is 0 Å². The number of benzene rings is 4. The van der Waals surface area contributed by atoms with Crippen molar-refractivity contribution in [2.75, 3.05) is 0 Å². The summed E-state index contributed by atoms with van der Waals surface area (Å²) in [5, 5.41) is 4.83. The SMILES string of the molecule is O=c1/c(=C/c2ccc(-c3ccccc3)cc2)c2cccc3cccc1c32. The van der Waals surface area contributed by atoms with Gasteiger partial charge in [-0.3, -0.25) is 4.79 Å². The highest BCUT2D eigenvalue weighted by molar-refractivity contribution is 6.12. The van der Waals surface area contributed by atoms with Crippen LogP contribution in [-0.4, -0.2) is 0 Å². The Balaban J connectivity index is 1.69. The molecule has 0 fully saturated rings. The van der Waals surface area contributed by atoms with E-state index in [9.17, 15) is 4.79 Å². The summed E-state index contributed by atoms with van der Waals surface area (Å²) in [6.07, 6.45) is 2.01. The van der Waals surface area contributed by atoms with Gasteiger partial charge in [-0.2, -0.15) is 0 Å². The predicted octanol–water partition coefficient (Wildman–Crippen LogP) is 5.01. The van der Waals surface area contributed by atoms with Crippen molar-refractivity contribution in [1.29, 1.82) is 0 Å². The molecular formula is C25H16O. The summed E-state index contributed by atoms with van der Waals surface area (Å²) >= 11 is 0. The third-order valence-electron chi connectivity index (χ3n) is 5.01. The van der Waals surface area contributed by atoms with Gasteiger partial charge >= 0.3 is 0 Å². The van der Waals surface area contributed by atoms with E-state index >= 15 is 0 Å². The second kappa shape index (κ2) is 5.82. The van der Waals surface area contributed by atoms with Gasteiger partial charge in [0.1, 0.15) is 0 Å². The van der Waals surface area contributed by atoms with Crippen molar-refractivity contribution in [3.63, 3.8) is 0 Å². The molecule has 26 heavy (non-hydrogen) atoms. The van der Waals surface area contributed by atoms with Crippen molar-refractivity contribution >= 4 is 27.6 Å². The maximum absolute atomic E-state index is 12.9. The first-order valence-corrected chi connectivity index (χ1v) is 8.75. The first kappa shape index (κ1) is 14.9. The first-order chi connectivity index (χ1) is 12.8. The van der Waals surface area contributed by atoms with Crippen LogP contribution in [0, 0.1) is 0 Å². The molecule has 0 aliphatic heterocycles. The van der Waals surface area contributed by atoms with E-state index in [0.717, 1.165) is 32.3 Å². The van der Waals surface area contributed by atoms with Crippen molar-refractivity contribution in [3.8, 4) is 11.1 Å². The minimum Gasteiger partial charge on any atom is -0.289 e. The van der Waals surface area contributed by atoms with Crippen molar-refractivity contribution in [2.24, 2.45) is 0 Å². The van der Waals surface area contributed by atoms with Crippen LogP contribution in [-0.2, 0) is 0 Å². The predicted molar refractivity (Wildman–Crippen MR) is 110 cm³/mol. The summed E-state index contributed by atoms with van der Waals surface area (Å²) < 4.78 is 0. The van der Waals surface area contributed by atoms with E-state index in [4.69, 9.17) is 0 Å². The standard InChI is InChI=1S/C25H16O/c26-25-22-11-5-9-20-8-4-10-21(24(20)22)23(25)16-17-12-14-19(15-13-17)18-6-2-1-3-7-18/h1-16H/b23-16+. The van der Waals surface area contributed by atoms with Crippen molar-refractivity contribution in [3.05, 3.63) is 112 Å². The Labute approximate surface area is 151 Å². The van der Waals surface area contributed by atoms with E-state index < -0.39 is 0 Å². The van der Waals surface area contributed by atoms with Crippen LogP contribution in [0.5, 0.6) is 0 Å². The summed E-state index contributed by atoms with van der Waals surface area (Å²) in [5.41, 5.74) is 3.53. The highest BCUT2D eigenvalue weighted by atomic mass is 16.1. The Bertz CT molecular complexity index is 1310. The molecule has 1 nitrogen and oxygen atoms in total. The van der Waals surface area contributed by atoms with Crippen LogP contribution < -0.4 is 10.6 Å². The number of hydrogen-bond acceptors (Lipinski definition) is 1. The van der Waals surface area contributed by atoms with Crippen LogP contribution >= 0.6 is 0 Å². The van der Waals surface area contributed by atoms with Gasteiger partial charge in [0.05, 0.1) is 0 Å². The molecule has 0 N–H and O–H groups in total. The van der Waals surface area contributed by atoms with Gasteiger partial charge in [-0.25, -0.2) is 0 Å². The zero-order valence-corrected chi connectivity index (χ0v) is 14.1. The minimum absolute atomic E-state index is 0.115. The number of rotatable bonds is 2. The lowest BCUT2D eigenvalue weighted by Gasteiger charge is -2.01. The zero-order chi connectivity index (χ0) is 17.5. The largest absolute Gasteiger partial charge is 0.289 e. The fourth-order valence-electron chi connectivity index (χ4n) is 3.73. The van der Waals surface area contributed by atoms with Crippen molar-refractivity contribution < 1.29 is 0 Å². The quantitative estimate of drug-likeness (QED) is 0.444. The molecule has 0 radical (unpaired) electrons. The molecule has 0 spiro atoms. The molecular weight excluding hydrogens is 316 g/mol. The molecule has 122 valence electrons. The highest BCUT2D eigenvalue weighted by Gasteiger charge is 2.10. The van der Waals surface area contributed by atoms with Gasteiger partial charge in [0.15, 0.2) is 5.43 Å². The average Bonchev–Trinajstić information content (AvgIpc) is 2.97. The number of hydrogen-bond donors (Lipinski definition) is 0. The lowest BCUT2D eigenvalue weighted by molar-refractivity contribution is 1.58. The van der Waals surface area contributed by atoms with Crippen LogP contribution in [0.4, 0.5) is 0 Å². The summed E-state index contributed by atoms with van der Waals surface area (Å²) in [4.78, 5) is 12.9. The Morgan fingerprint density at radius 2 is 1.23 bits per heavy atom. The molecule has 0 atom stereocenters. The van der Waals surface area contributed by atoms with Crippen LogP contribution in [0.1, 0.15) is 5.56 Å². The Morgan fingerprint density at radius 3 is 1.96 bits per heavy atom. The third-order valence-corrected chi connectivity index (χ3v) is 5.01. The van der Waals surface area contributed by atoms with Gasteiger partial charge in [-0.15, -0.1) is 0 Å². The molecule has 0 unspecified atom stereocenters. The van der Waals surface area contributed by atoms with Gasteiger partial charge < -0.3 is 0 Å². The first-order valence-electron chi connectivity index (χ1n) is 8.75. The Hall–Kier alpha value is -3.45. The van der Waals surface area contributed by atoms with E-state index in [1.807, 2.05) is 48.5 Å². The molecule has 1 heteroatoms. The van der Waals surface area contributed by atoms with E-state index in [-0.39, 0.29) is 5.43 Å².